The summed E-state index contributed by atoms with van der Waals surface area (Å²) in [5.74, 6) is -1.34. The lowest BCUT2D eigenvalue weighted by Crippen LogP contribution is -2.13. The number of carboxylic acid groups (broad SMARTS) is 1. The van der Waals surface area contributed by atoms with Gasteiger partial charge in [0.15, 0.2) is 0 Å². The third-order valence-corrected chi connectivity index (χ3v) is 5.04. The van der Waals surface area contributed by atoms with Crippen molar-refractivity contribution < 1.29 is 19.1 Å². The summed E-state index contributed by atoms with van der Waals surface area (Å²) < 4.78 is 7.23. The van der Waals surface area contributed by atoms with Crippen molar-refractivity contribution >= 4 is 46.1 Å². The highest BCUT2D eigenvalue weighted by Crippen LogP contribution is 2.25. The van der Waals surface area contributed by atoms with Crippen LogP contribution in [0.2, 0.25) is 5.02 Å². The van der Waals surface area contributed by atoms with Gasteiger partial charge in [-0.2, -0.15) is 5.26 Å². The molecule has 0 saturated heterocycles. The molecule has 0 aliphatic heterocycles. The third-order valence-electron chi connectivity index (χ3n) is 4.79. The molecule has 7 nitrogen and oxygen atoms in total. The number of carbonyl (C=O) groups is 2. The first kappa shape index (κ1) is 21.0. The van der Waals surface area contributed by atoms with E-state index in [2.05, 4.69) is 5.32 Å². The van der Waals surface area contributed by atoms with Crippen molar-refractivity contribution in [2.75, 3.05) is 5.32 Å². The number of nitrogens with one attached hydrogen (secondary N) is 1. The molecule has 2 heterocycles. The third kappa shape index (κ3) is 4.41. The molecular formula is C24H16ClN3O4. The zero-order valence-electron chi connectivity index (χ0n) is 16.6. The van der Waals surface area contributed by atoms with Gasteiger partial charge in [0.2, 0.25) is 5.76 Å². The molecule has 2 aromatic heterocycles. The molecular weight excluding hydrogens is 430 g/mol. The summed E-state index contributed by atoms with van der Waals surface area (Å²) in [6, 6.07) is 19.1. The topological polar surface area (TPSA) is 108 Å². The van der Waals surface area contributed by atoms with Crippen molar-refractivity contribution in [2.45, 2.75) is 6.54 Å². The minimum atomic E-state index is -1.14. The van der Waals surface area contributed by atoms with E-state index in [1.165, 1.54) is 12.1 Å². The minimum Gasteiger partial charge on any atom is -0.475 e. The summed E-state index contributed by atoms with van der Waals surface area (Å²) in [6.45, 7) is 0.292. The predicted octanol–water partition coefficient (Wildman–Crippen LogP) is 5.18. The molecule has 1 amide bonds. The van der Waals surface area contributed by atoms with Gasteiger partial charge in [-0.3, -0.25) is 4.79 Å². The number of carbonyl (C=O) groups excluding carboxylic acids is 1. The lowest BCUT2D eigenvalue weighted by atomic mass is 10.1. The Kier molecular flexibility index (Phi) is 5.79. The molecule has 32 heavy (non-hydrogen) atoms. The number of para-hydroxylation sites is 1. The van der Waals surface area contributed by atoms with Gasteiger partial charge in [0.1, 0.15) is 17.4 Å². The van der Waals surface area contributed by atoms with Gasteiger partial charge in [-0.1, -0.05) is 29.8 Å². The molecule has 2 aromatic carbocycles. The zero-order valence-corrected chi connectivity index (χ0v) is 17.3. The van der Waals surface area contributed by atoms with Gasteiger partial charge >= 0.3 is 5.97 Å². The molecule has 8 heteroatoms. The van der Waals surface area contributed by atoms with Gasteiger partial charge in [0, 0.05) is 33.4 Å². The standard InChI is InChI=1S/C24H16ClN3O4/c25-17-5-7-18(8-6-17)27-23(29)15(12-26)11-16-13-28(21-4-2-1-3-20(16)21)14-19-9-10-22(32-19)24(30)31/h1-11,13H,14H2,(H,27,29)(H,30,31)/b15-11-. The zero-order chi connectivity index (χ0) is 22.7. The van der Waals surface area contributed by atoms with Gasteiger partial charge < -0.3 is 19.4 Å². The normalized spacial score (nSPS) is 11.3. The number of halogens is 1. The van der Waals surface area contributed by atoms with Gasteiger partial charge in [0.05, 0.1) is 6.54 Å². The molecule has 0 unspecified atom stereocenters. The first-order chi connectivity index (χ1) is 15.4. The Morgan fingerprint density at radius 3 is 2.56 bits per heavy atom. The van der Waals surface area contributed by atoms with Gasteiger partial charge in [-0.05, 0) is 48.5 Å². The van der Waals surface area contributed by atoms with Crippen molar-refractivity contribution in [1.82, 2.24) is 4.57 Å². The Morgan fingerprint density at radius 2 is 1.88 bits per heavy atom. The molecule has 0 aliphatic rings. The number of fused-ring (bicyclic) bond motifs is 1. The smallest absolute Gasteiger partial charge is 0.371 e. The molecule has 0 aliphatic carbocycles. The van der Waals surface area contributed by atoms with E-state index in [9.17, 15) is 14.9 Å². The highest BCUT2D eigenvalue weighted by atomic mass is 35.5. The molecule has 2 N–H and O–H groups in total. The average molecular weight is 446 g/mol. The fraction of sp³-hybridized carbons (Fsp3) is 0.0417. The molecule has 158 valence electrons. The van der Waals surface area contributed by atoms with Crippen LogP contribution in [-0.4, -0.2) is 21.6 Å². The first-order valence-electron chi connectivity index (χ1n) is 9.53. The molecule has 0 fully saturated rings. The van der Waals surface area contributed by atoms with Gasteiger partial charge in [-0.25, -0.2) is 4.79 Å². The highest BCUT2D eigenvalue weighted by Gasteiger charge is 2.15. The number of nitrogens with zero attached hydrogens (tertiary/aromatic N) is 2. The number of rotatable bonds is 6. The molecule has 0 atom stereocenters. The second-order valence-electron chi connectivity index (χ2n) is 6.93. The van der Waals surface area contributed by atoms with Crippen LogP contribution in [0, 0.1) is 11.3 Å². The maximum absolute atomic E-state index is 12.6. The lowest BCUT2D eigenvalue weighted by molar-refractivity contribution is -0.112. The number of hydrogen-bond donors (Lipinski definition) is 2. The van der Waals surface area contributed by atoms with E-state index in [0.717, 1.165) is 10.9 Å². The van der Waals surface area contributed by atoms with Gasteiger partial charge in [-0.15, -0.1) is 0 Å². The Bertz CT molecular complexity index is 1390. The van der Waals surface area contributed by atoms with Crippen LogP contribution in [0.25, 0.3) is 17.0 Å². The van der Waals surface area contributed by atoms with Crippen LogP contribution in [-0.2, 0) is 11.3 Å². The van der Waals surface area contributed by atoms with Crippen LogP contribution in [0.15, 0.2) is 76.9 Å². The number of benzene rings is 2. The average Bonchev–Trinajstić information content (AvgIpc) is 3.39. The maximum Gasteiger partial charge on any atom is 0.371 e. The second kappa shape index (κ2) is 8.84. The van der Waals surface area contributed by atoms with Crippen LogP contribution in [0.3, 0.4) is 0 Å². The van der Waals surface area contributed by atoms with Crippen molar-refractivity contribution in [3.63, 3.8) is 0 Å². The van der Waals surface area contributed by atoms with Crippen LogP contribution in [0.1, 0.15) is 21.9 Å². The number of amides is 1. The Labute approximate surface area is 187 Å². The van der Waals surface area contributed by atoms with Crippen LogP contribution >= 0.6 is 11.6 Å². The predicted molar refractivity (Wildman–Crippen MR) is 120 cm³/mol. The fourth-order valence-corrected chi connectivity index (χ4v) is 3.43. The van der Waals surface area contributed by atoms with E-state index >= 15 is 0 Å². The van der Waals surface area contributed by atoms with E-state index < -0.39 is 11.9 Å². The number of aromatic nitrogens is 1. The minimum absolute atomic E-state index is 0.0611. The summed E-state index contributed by atoms with van der Waals surface area (Å²) in [5.41, 5.74) is 1.99. The summed E-state index contributed by atoms with van der Waals surface area (Å²) in [5, 5.41) is 22.7. The Morgan fingerprint density at radius 1 is 1.12 bits per heavy atom. The first-order valence-corrected chi connectivity index (χ1v) is 9.91. The Balaban J connectivity index is 1.66. The van der Waals surface area contributed by atoms with E-state index in [0.29, 0.717) is 28.6 Å². The number of nitriles is 1. The number of anilines is 1. The maximum atomic E-state index is 12.6. The van der Waals surface area contributed by atoms with E-state index in [-0.39, 0.29) is 11.3 Å². The molecule has 4 rings (SSSR count). The van der Waals surface area contributed by atoms with Crippen molar-refractivity contribution in [2.24, 2.45) is 0 Å². The van der Waals surface area contributed by atoms with Crippen LogP contribution < -0.4 is 5.32 Å². The summed E-state index contributed by atoms with van der Waals surface area (Å²) in [7, 11) is 0. The summed E-state index contributed by atoms with van der Waals surface area (Å²) in [6.07, 6.45) is 3.31. The molecule has 0 saturated carbocycles. The quantitative estimate of drug-likeness (QED) is 0.314. The van der Waals surface area contributed by atoms with Crippen LogP contribution in [0.4, 0.5) is 5.69 Å². The largest absolute Gasteiger partial charge is 0.475 e. The van der Waals surface area contributed by atoms with Crippen LogP contribution in [0.5, 0.6) is 0 Å². The van der Waals surface area contributed by atoms with E-state index in [1.54, 1.807) is 36.5 Å². The van der Waals surface area contributed by atoms with Crippen molar-refractivity contribution in [1.29, 1.82) is 5.26 Å². The molecule has 4 aromatic rings. The van der Waals surface area contributed by atoms with E-state index in [4.69, 9.17) is 21.1 Å². The number of aromatic carboxylic acids is 1. The number of hydrogen-bond acceptors (Lipinski definition) is 4. The molecule has 0 bridgehead atoms. The molecule has 0 radical (unpaired) electrons. The lowest BCUT2D eigenvalue weighted by Gasteiger charge is -2.04. The fourth-order valence-electron chi connectivity index (χ4n) is 3.30. The number of furan rings is 1. The SMILES string of the molecule is N#C/C(=C/c1cn(Cc2ccc(C(=O)O)o2)c2ccccc12)C(=O)Nc1ccc(Cl)cc1. The summed E-state index contributed by atoms with van der Waals surface area (Å²) >= 11 is 5.86. The molecule has 0 spiro atoms. The van der Waals surface area contributed by atoms with Gasteiger partial charge in [0.25, 0.3) is 5.91 Å². The van der Waals surface area contributed by atoms with Crippen molar-refractivity contribution in [3.05, 3.63) is 94.5 Å². The summed E-state index contributed by atoms with van der Waals surface area (Å²) in [4.78, 5) is 23.7. The Hall–Kier alpha value is -4.28. The highest BCUT2D eigenvalue weighted by molar-refractivity contribution is 6.30. The second-order valence-corrected chi connectivity index (χ2v) is 7.37. The monoisotopic (exact) mass is 445 g/mol. The van der Waals surface area contributed by atoms with E-state index in [1.807, 2.05) is 34.9 Å². The number of carboxylic acids is 1. The van der Waals surface area contributed by atoms with Crippen molar-refractivity contribution in [3.8, 4) is 6.07 Å².